The molecule has 0 atom stereocenters. The number of benzene rings is 1. The average molecular weight is 330 g/mol. The Morgan fingerprint density at radius 3 is 2.17 bits per heavy atom. The van der Waals surface area contributed by atoms with Gasteiger partial charge >= 0.3 is 0 Å². The monoisotopic (exact) mass is 329 g/mol. The quantitative estimate of drug-likeness (QED) is 0.510. The fourth-order valence-electron chi connectivity index (χ4n) is 1.70. The molecule has 1 rings (SSSR count). The zero-order chi connectivity index (χ0) is 17.8. The van der Waals surface area contributed by atoms with E-state index >= 15 is 0 Å². The summed E-state index contributed by atoms with van der Waals surface area (Å²) in [7, 11) is 0. The molecule has 0 unspecified atom stereocenters. The summed E-state index contributed by atoms with van der Waals surface area (Å²) >= 11 is 6.11. The second kappa shape index (κ2) is 6.79. The SMILES string of the molecule is CC(C)(C)c1cc(Cl)c(NC(C#N)=C(C#N)C#N)c([N+](=O)[O-])c1. The number of nitriles is 3. The van der Waals surface area contributed by atoms with Gasteiger partial charge in [0.25, 0.3) is 5.69 Å². The Morgan fingerprint density at radius 2 is 1.78 bits per heavy atom. The van der Waals surface area contributed by atoms with Crippen molar-refractivity contribution >= 4 is 23.0 Å². The molecule has 23 heavy (non-hydrogen) atoms. The first-order valence-corrected chi connectivity index (χ1v) is 6.73. The van der Waals surface area contributed by atoms with Gasteiger partial charge < -0.3 is 5.32 Å². The van der Waals surface area contributed by atoms with E-state index in [4.69, 9.17) is 27.4 Å². The van der Waals surface area contributed by atoms with Crippen molar-refractivity contribution in [2.45, 2.75) is 26.2 Å². The number of rotatable bonds is 3. The number of allylic oxidation sites excluding steroid dienone is 2. The number of anilines is 1. The van der Waals surface area contributed by atoms with Crippen LogP contribution in [0.5, 0.6) is 0 Å². The molecule has 0 aromatic heterocycles. The Labute approximate surface area is 138 Å². The van der Waals surface area contributed by atoms with Crippen LogP contribution >= 0.6 is 11.6 Å². The number of nitro groups is 1. The maximum absolute atomic E-state index is 11.3. The molecule has 0 radical (unpaired) electrons. The van der Waals surface area contributed by atoms with Crippen LogP contribution in [0.4, 0.5) is 11.4 Å². The molecule has 7 nitrogen and oxygen atoms in total. The second-order valence-corrected chi connectivity index (χ2v) is 5.98. The minimum atomic E-state index is -0.642. The van der Waals surface area contributed by atoms with Gasteiger partial charge in [-0.15, -0.1) is 0 Å². The van der Waals surface area contributed by atoms with E-state index in [-0.39, 0.29) is 21.8 Å². The smallest absolute Gasteiger partial charge is 0.294 e. The normalized spacial score (nSPS) is 9.96. The first kappa shape index (κ1) is 18.0. The Kier molecular flexibility index (Phi) is 5.30. The van der Waals surface area contributed by atoms with Crippen molar-refractivity contribution in [2.24, 2.45) is 0 Å². The van der Waals surface area contributed by atoms with Crippen molar-refractivity contribution in [2.75, 3.05) is 5.32 Å². The highest BCUT2D eigenvalue weighted by Gasteiger charge is 2.25. The predicted octanol–water partition coefficient (Wildman–Crippen LogP) is 3.78. The van der Waals surface area contributed by atoms with E-state index in [0.29, 0.717) is 5.56 Å². The minimum Gasteiger partial charge on any atom is -0.338 e. The highest BCUT2D eigenvalue weighted by Crippen LogP contribution is 2.38. The molecule has 0 amide bonds. The molecule has 0 aliphatic rings. The summed E-state index contributed by atoms with van der Waals surface area (Å²) < 4.78 is 0. The number of hydrogen-bond donors (Lipinski definition) is 1. The van der Waals surface area contributed by atoms with Gasteiger partial charge in [0.1, 0.15) is 29.6 Å². The van der Waals surface area contributed by atoms with Crippen LogP contribution in [0.1, 0.15) is 26.3 Å². The molecule has 1 aromatic carbocycles. The van der Waals surface area contributed by atoms with Crippen LogP contribution < -0.4 is 5.32 Å². The van der Waals surface area contributed by atoms with Gasteiger partial charge in [-0.2, -0.15) is 15.8 Å². The Morgan fingerprint density at radius 1 is 1.22 bits per heavy atom. The van der Waals surface area contributed by atoms with Gasteiger partial charge in [0.15, 0.2) is 5.57 Å². The highest BCUT2D eigenvalue weighted by molar-refractivity contribution is 6.34. The van der Waals surface area contributed by atoms with Crippen LogP contribution in [0.25, 0.3) is 0 Å². The first-order valence-electron chi connectivity index (χ1n) is 6.35. The van der Waals surface area contributed by atoms with Gasteiger partial charge in [0.2, 0.25) is 0 Å². The van der Waals surface area contributed by atoms with E-state index in [1.165, 1.54) is 6.07 Å². The van der Waals surface area contributed by atoms with Gasteiger partial charge in [-0.3, -0.25) is 10.1 Å². The topological polar surface area (TPSA) is 127 Å². The predicted molar refractivity (Wildman–Crippen MR) is 84.3 cm³/mol. The number of nitrogens with zero attached hydrogens (tertiary/aromatic N) is 4. The number of hydrogen-bond acceptors (Lipinski definition) is 6. The van der Waals surface area contributed by atoms with Gasteiger partial charge in [0, 0.05) is 6.07 Å². The molecular formula is C15H12ClN5O2. The summed E-state index contributed by atoms with van der Waals surface area (Å²) in [6.45, 7) is 5.62. The molecule has 0 aliphatic heterocycles. The van der Waals surface area contributed by atoms with Crippen molar-refractivity contribution < 1.29 is 4.92 Å². The lowest BCUT2D eigenvalue weighted by molar-refractivity contribution is -0.384. The molecule has 0 spiro atoms. The van der Waals surface area contributed by atoms with E-state index in [0.717, 1.165) is 0 Å². The third-order valence-electron chi connectivity index (χ3n) is 2.97. The Balaban J connectivity index is 3.59. The van der Waals surface area contributed by atoms with Gasteiger partial charge in [-0.25, -0.2) is 0 Å². The van der Waals surface area contributed by atoms with Crippen molar-refractivity contribution in [1.29, 1.82) is 15.8 Å². The molecule has 0 bridgehead atoms. The van der Waals surface area contributed by atoms with E-state index in [2.05, 4.69) is 5.32 Å². The highest BCUT2D eigenvalue weighted by atomic mass is 35.5. The molecule has 0 saturated carbocycles. The fourth-order valence-corrected chi connectivity index (χ4v) is 1.96. The summed E-state index contributed by atoms with van der Waals surface area (Å²) in [6, 6.07) is 7.62. The zero-order valence-corrected chi connectivity index (χ0v) is 13.4. The van der Waals surface area contributed by atoms with Crippen LogP contribution in [0.2, 0.25) is 5.02 Å². The lowest BCUT2D eigenvalue weighted by atomic mass is 9.86. The van der Waals surface area contributed by atoms with Crippen molar-refractivity contribution in [3.63, 3.8) is 0 Å². The largest absolute Gasteiger partial charge is 0.338 e. The zero-order valence-electron chi connectivity index (χ0n) is 12.6. The Hall–Kier alpha value is -3.08. The Bertz CT molecular complexity index is 800. The maximum atomic E-state index is 11.3. The van der Waals surface area contributed by atoms with Crippen LogP contribution in [0, 0.1) is 44.1 Å². The van der Waals surface area contributed by atoms with Crippen LogP contribution in [-0.4, -0.2) is 4.92 Å². The van der Waals surface area contributed by atoms with E-state index in [1.807, 2.05) is 20.8 Å². The van der Waals surface area contributed by atoms with Crippen molar-refractivity contribution in [3.8, 4) is 18.2 Å². The van der Waals surface area contributed by atoms with E-state index < -0.39 is 16.2 Å². The third-order valence-corrected chi connectivity index (χ3v) is 3.27. The van der Waals surface area contributed by atoms with Crippen molar-refractivity contribution in [1.82, 2.24) is 0 Å². The molecule has 1 N–H and O–H groups in total. The summed E-state index contributed by atoms with van der Waals surface area (Å²) in [4.78, 5) is 10.7. The average Bonchev–Trinajstić information content (AvgIpc) is 2.47. The standard InChI is InChI=1S/C15H12ClN5O2/c1-15(2,3)10-4-11(16)14(13(5-10)21(22)23)20-12(8-19)9(6-17)7-18/h4-5,20H,1-3H3. The molecular weight excluding hydrogens is 318 g/mol. The third kappa shape index (κ3) is 3.97. The van der Waals surface area contributed by atoms with Crippen molar-refractivity contribution in [3.05, 3.63) is 44.1 Å². The molecule has 0 saturated heterocycles. The lowest BCUT2D eigenvalue weighted by Crippen LogP contribution is -2.13. The number of halogens is 1. The van der Waals surface area contributed by atoms with Crippen LogP contribution in [0.15, 0.2) is 23.4 Å². The van der Waals surface area contributed by atoms with E-state index in [9.17, 15) is 10.1 Å². The van der Waals surface area contributed by atoms with Gasteiger partial charge in [-0.1, -0.05) is 32.4 Å². The molecule has 0 heterocycles. The van der Waals surface area contributed by atoms with Gasteiger partial charge in [-0.05, 0) is 17.0 Å². The lowest BCUT2D eigenvalue weighted by Gasteiger charge is -2.20. The molecule has 0 aliphatic carbocycles. The summed E-state index contributed by atoms with van der Waals surface area (Å²) in [5.41, 5.74) is -1.09. The summed E-state index contributed by atoms with van der Waals surface area (Å²) in [5.74, 6) is 0. The van der Waals surface area contributed by atoms with Crippen LogP contribution in [-0.2, 0) is 5.41 Å². The first-order chi connectivity index (χ1) is 10.6. The maximum Gasteiger partial charge on any atom is 0.294 e. The summed E-state index contributed by atoms with van der Waals surface area (Å²) in [6.07, 6.45) is 0. The number of nitro benzene ring substituents is 1. The van der Waals surface area contributed by atoms with Crippen LogP contribution in [0.3, 0.4) is 0 Å². The number of nitrogens with one attached hydrogen (secondary N) is 1. The molecule has 116 valence electrons. The second-order valence-electron chi connectivity index (χ2n) is 5.57. The van der Waals surface area contributed by atoms with E-state index in [1.54, 1.807) is 24.3 Å². The molecule has 8 heteroatoms. The molecule has 1 aromatic rings. The fraction of sp³-hybridized carbons (Fsp3) is 0.267. The summed E-state index contributed by atoms with van der Waals surface area (Å²) in [5, 5.41) is 40.4. The minimum absolute atomic E-state index is 0.0205. The van der Waals surface area contributed by atoms with Gasteiger partial charge in [0.05, 0.1) is 9.95 Å². The molecule has 0 fully saturated rings.